The van der Waals surface area contributed by atoms with E-state index in [0.29, 0.717) is 5.82 Å². The third-order valence-corrected chi connectivity index (χ3v) is 1.72. The van der Waals surface area contributed by atoms with Gasteiger partial charge in [-0.25, -0.2) is 9.97 Å². The maximum atomic E-state index is 11.1. The molecule has 0 unspecified atom stereocenters. The van der Waals surface area contributed by atoms with Crippen LogP contribution < -0.4 is 10.6 Å². The van der Waals surface area contributed by atoms with Crippen LogP contribution in [0.5, 0.6) is 0 Å². The van der Waals surface area contributed by atoms with E-state index < -0.39 is 0 Å². The van der Waals surface area contributed by atoms with Crippen LogP contribution in [-0.4, -0.2) is 21.9 Å². The fourth-order valence-electron chi connectivity index (χ4n) is 1.06. The molecule has 0 spiro atoms. The third-order valence-electron chi connectivity index (χ3n) is 1.72. The van der Waals surface area contributed by atoms with E-state index in [0.717, 1.165) is 5.69 Å². The van der Waals surface area contributed by atoms with Crippen LogP contribution in [-0.2, 0) is 4.79 Å². The minimum Gasteiger partial charge on any atom is -0.370 e. The average molecular weight is 164 g/mol. The summed E-state index contributed by atoms with van der Waals surface area (Å²) in [7, 11) is 0. The summed E-state index contributed by atoms with van der Waals surface area (Å²) in [6.45, 7) is 1.78. The lowest BCUT2D eigenvalue weighted by Crippen LogP contribution is -2.36. The van der Waals surface area contributed by atoms with Gasteiger partial charge in [-0.15, -0.1) is 0 Å². The lowest BCUT2D eigenvalue weighted by molar-refractivity contribution is -0.116. The molecule has 0 saturated carbocycles. The maximum Gasteiger partial charge on any atom is 0.247 e. The molecule has 5 heteroatoms. The molecule has 0 saturated heterocycles. The van der Waals surface area contributed by atoms with E-state index in [1.165, 1.54) is 6.33 Å². The van der Waals surface area contributed by atoms with Crippen molar-refractivity contribution in [1.82, 2.24) is 9.97 Å². The number of amides is 1. The summed E-state index contributed by atoms with van der Waals surface area (Å²) < 4.78 is 0. The van der Waals surface area contributed by atoms with Gasteiger partial charge in [0, 0.05) is 0 Å². The largest absolute Gasteiger partial charge is 0.370 e. The van der Waals surface area contributed by atoms with Crippen molar-refractivity contribution in [3.63, 3.8) is 0 Å². The molecule has 5 nitrogen and oxygen atoms in total. The van der Waals surface area contributed by atoms with Crippen molar-refractivity contribution < 1.29 is 4.79 Å². The topological polar surface area (TPSA) is 66.9 Å². The quantitative estimate of drug-likeness (QED) is 0.576. The Morgan fingerprint density at radius 3 is 3.25 bits per heavy atom. The Bertz CT molecular complexity index is 325. The predicted molar refractivity (Wildman–Crippen MR) is 43.7 cm³/mol. The van der Waals surface area contributed by atoms with Crippen LogP contribution in [0, 0.1) is 0 Å². The lowest BCUT2D eigenvalue weighted by Gasteiger charge is -2.22. The van der Waals surface area contributed by atoms with E-state index >= 15 is 0 Å². The number of aromatic nitrogens is 2. The van der Waals surface area contributed by atoms with Gasteiger partial charge in [-0.1, -0.05) is 0 Å². The SMILES string of the molecule is C[C@@H]1Nc2cncnc2NC1=O. The number of anilines is 2. The van der Waals surface area contributed by atoms with E-state index in [2.05, 4.69) is 20.6 Å². The fourth-order valence-corrected chi connectivity index (χ4v) is 1.06. The molecular formula is C7H8N4O. The molecule has 0 bridgehead atoms. The lowest BCUT2D eigenvalue weighted by atomic mass is 10.2. The first-order valence-corrected chi connectivity index (χ1v) is 3.65. The van der Waals surface area contributed by atoms with E-state index in [4.69, 9.17) is 0 Å². The number of hydrogen-bond donors (Lipinski definition) is 2. The standard InChI is InChI=1S/C7H8N4O/c1-4-7(12)11-6-5(10-4)2-8-3-9-6/h2-4,10H,1H3,(H,8,9,11,12)/t4-/m0/s1. The molecule has 0 radical (unpaired) electrons. The van der Waals surface area contributed by atoms with Gasteiger partial charge in [-0.05, 0) is 6.92 Å². The molecule has 62 valence electrons. The summed E-state index contributed by atoms with van der Waals surface area (Å²) in [5.41, 5.74) is 0.768. The van der Waals surface area contributed by atoms with Gasteiger partial charge in [0.1, 0.15) is 12.4 Å². The summed E-state index contributed by atoms with van der Waals surface area (Å²) in [6.07, 6.45) is 3.04. The highest BCUT2D eigenvalue weighted by atomic mass is 16.2. The number of nitrogens with zero attached hydrogens (tertiary/aromatic N) is 2. The minimum atomic E-state index is -0.219. The van der Waals surface area contributed by atoms with Crippen LogP contribution in [0.25, 0.3) is 0 Å². The second-order valence-corrected chi connectivity index (χ2v) is 2.64. The van der Waals surface area contributed by atoms with Crippen LogP contribution in [0.2, 0.25) is 0 Å². The van der Waals surface area contributed by atoms with Gasteiger partial charge in [0.05, 0.1) is 11.9 Å². The molecule has 2 N–H and O–H groups in total. The van der Waals surface area contributed by atoms with E-state index in [-0.39, 0.29) is 11.9 Å². The highest BCUT2D eigenvalue weighted by molar-refractivity contribution is 6.01. The van der Waals surface area contributed by atoms with Crippen LogP contribution in [0.3, 0.4) is 0 Å². The maximum absolute atomic E-state index is 11.1. The molecule has 1 aliphatic rings. The van der Waals surface area contributed by atoms with Crippen LogP contribution >= 0.6 is 0 Å². The van der Waals surface area contributed by atoms with E-state index in [1.54, 1.807) is 13.1 Å². The molecule has 0 aliphatic carbocycles. The van der Waals surface area contributed by atoms with Crippen LogP contribution in [0.15, 0.2) is 12.5 Å². The first kappa shape index (κ1) is 7.02. The summed E-state index contributed by atoms with van der Waals surface area (Å²) in [5.74, 6) is 0.481. The Labute approximate surface area is 69.2 Å². The number of fused-ring (bicyclic) bond motifs is 1. The number of nitrogens with one attached hydrogen (secondary N) is 2. The molecule has 0 aromatic carbocycles. The van der Waals surface area contributed by atoms with E-state index in [9.17, 15) is 4.79 Å². The van der Waals surface area contributed by atoms with Gasteiger partial charge in [-0.2, -0.15) is 0 Å². The fraction of sp³-hybridized carbons (Fsp3) is 0.286. The molecule has 1 aromatic heterocycles. The Morgan fingerprint density at radius 2 is 2.42 bits per heavy atom. The summed E-state index contributed by atoms with van der Waals surface area (Å²) in [4.78, 5) is 18.9. The smallest absolute Gasteiger partial charge is 0.247 e. The molecule has 1 amide bonds. The molecule has 1 aliphatic heterocycles. The van der Waals surface area contributed by atoms with Crippen molar-refractivity contribution in [2.24, 2.45) is 0 Å². The van der Waals surface area contributed by atoms with Gasteiger partial charge in [0.15, 0.2) is 5.82 Å². The number of carbonyl (C=O) groups is 1. The Morgan fingerprint density at radius 1 is 1.58 bits per heavy atom. The summed E-state index contributed by atoms with van der Waals surface area (Å²) in [6, 6.07) is -0.219. The zero-order valence-electron chi connectivity index (χ0n) is 6.53. The first-order chi connectivity index (χ1) is 5.77. The van der Waals surface area contributed by atoms with E-state index in [1.807, 2.05) is 0 Å². The average Bonchev–Trinajstić information content (AvgIpc) is 2.07. The van der Waals surface area contributed by atoms with Crippen molar-refractivity contribution in [2.75, 3.05) is 10.6 Å². The Hall–Kier alpha value is -1.65. The highest BCUT2D eigenvalue weighted by Crippen LogP contribution is 2.21. The van der Waals surface area contributed by atoms with Crippen molar-refractivity contribution >= 4 is 17.4 Å². The molecule has 0 fully saturated rings. The molecule has 2 rings (SSSR count). The summed E-state index contributed by atoms with van der Waals surface area (Å²) >= 11 is 0. The Balaban J connectivity index is 2.40. The van der Waals surface area contributed by atoms with Crippen LogP contribution in [0.1, 0.15) is 6.92 Å². The summed E-state index contributed by atoms with van der Waals surface area (Å²) in [5, 5.41) is 5.63. The molecular weight excluding hydrogens is 156 g/mol. The number of hydrogen-bond acceptors (Lipinski definition) is 4. The van der Waals surface area contributed by atoms with Gasteiger partial charge >= 0.3 is 0 Å². The van der Waals surface area contributed by atoms with Crippen LogP contribution in [0.4, 0.5) is 11.5 Å². The van der Waals surface area contributed by atoms with Gasteiger partial charge in [0.25, 0.3) is 0 Å². The zero-order valence-corrected chi connectivity index (χ0v) is 6.53. The number of carbonyl (C=O) groups excluding carboxylic acids is 1. The van der Waals surface area contributed by atoms with Crippen molar-refractivity contribution in [1.29, 1.82) is 0 Å². The molecule has 2 heterocycles. The molecule has 1 atom stereocenters. The van der Waals surface area contributed by atoms with Gasteiger partial charge < -0.3 is 10.6 Å². The minimum absolute atomic E-state index is 0.0683. The monoisotopic (exact) mass is 164 g/mol. The second-order valence-electron chi connectivity index (χ2n) is 2.64. The van der Waals surface area contributed by atoms with Crippen molar-refractivity contribution in [2.45, 2.75) is 13.0 Å². The molecule has 12 heavy (non-hydrogen) atoms. The first-order valence-electron chi connectivity index (χ1n) is 3.65. The molecule has 1 aromatic rings. The predicted octanol–water partition coefficient (Wildman–Crippen LogP) is 0.229. The Kier molecular flexibility index (Phi) is 1.43. The highest BCUT2D eigenvalue weighted by Gasteiger charge is 2.21. The van der Waals surface area contributed by atoms with Gasteiger partial charge in [0.2, 0.25) is 5.91 Å². The zero-order chi connectivity index (χ0) is 8.55. The van der Waals surface area contributed by atoms with Gasteiger partial charge in [-0.3, -0.25) is 4.79 Å². The van der Waals surface area contributed by atoms with Crippen molar-refractivity contribution in [3.8, 4) is 0 Å². The van der Waals surface area contributed by atoms with Crippen molar-refractivity contribution in [3.05, 3.63) is 12.5 Å². The number of rotatable bonds is 0. The third kappa shape index (κ3) is 0.990. The normalized spacial score (nSPS) is 20.8. The second kappa shape index (κ2) is 2.44.